The van der Waals surface area contributed by atoms with E-state index in [1.54, 1.807) is 0 Å². The fourth-order valence-corrected chi connectivity index (χ4v) is 1.49. The molecule has 0 saturated heterocycles. The highest BCUT2D eigenvalue weighted by Gasteiger charge is 2.05. The maximum absolute atomic E-state index is 12.7. The molecule has 82 valence electrons. The summed E-state index contributed by atoms with van der Waals surface area (Å²) in [5, 5.41) is 2.62. The molecule has 0 spiro atoms. The molecule has 0 radical (unpaired) electrons. The third-order valence-corrected chi connectivity index (χ3v) is 2.60. The number of amides is 1. The zero-order valence-electron chi connectivity index (χ0n) is 8.42. The number of benzene rings is 1. The van der Waals surface area contributed by atoms with Gasteiger partial charge in [-0.2, -0.15) is 11.8 Å². The van der Waals surface area contributed by atoms with Crippen LogP contribution in [0, 0.1) is 5.82 Å². The molecule has 0 aromatic heterocycles. The minimum absolute atomic E-state index is 0.125. The van der Waals surface area contributed by atoms with Gasteiger partial charge in [-0.25, -0.2) is 4.39 Å². The average Bonchev–Trinajstić information content (AvgIpc) is 2.19. The van der Waals surface area contributed by atoms with Crippen LogP contribution >= 0.6 is 11.8 Å². The maximum atomic E-state index is 12.7. The van der Waals surface area contributed by atoms with Crippen molar-refractivity contribution in [3.8, 4) is 0 Å². The molecular weight excluding hydrogens is 215 g/mol. The van der Waals surface area contributed by atoms with E-state index in [1.165, 1.54) is 30.0 Å². The van der Waals surface area contributed by atoms with E-state index < -0.39 is 5.82 Å². The van der Waals surface area contributed by atoms with Gasteiger partial charge in [0.2, 0.25) is 5.91 Å². The van der Waals surface area contributed by atoms with Crippen LogP contribution in [0.2, 0.25) is 0 Å². The molecule has 0 atom stereocenters. The van der Waals surface area contributed by atoms with E-state index in [0.717, 1.165) is 5.75 Å². The zero-order valence-corrected chi connectivity index (χ0v) is 9.23. The quantitative estimate of drug-likeness (QED) is 0.776. The molecule has 1 aromatic rings. The highest BCUT2D eigenvalue weighted by molar-refractivity contribution is 7.99. The third-order valence-electron chi connectivity index (χ3n) is 1.72. The number of halogens is 1. The van der Waals surface area contributed by atoms with E-state index in [1.807, 2.05) is 6.92 Å². The van der Waals surface area contributed by atoms with Gasteiger partial charge in [0.1, 0.15) is 5.82 Å². The van der Waals surface area contributed by atoms with Gasteiger partial charge in [-0.05, 0) is 24.0 Å². The Morgan fingerprint density at radius 1 is 1.60 bits per heavy atom. The summed E-state index contributed by atoms with van der Waals surface area (Å²) in [5.41, 5.74) is 6.23. The number of nitrogens with two attached hydrogens (primary N) is 1. The molecule has 0 heterocycles. The molecule has 15 heavy (non-hydrogen) atoms. The van der Waals surface area contributed by atoms with Gasteiger partial charge in [0, 0.05) is 0 Å². The van der Waals surface area contributed by atoms with Gasteiger partial charge in [0.05, 0.1) is 17.1 Å². The van der Waals surface area contributed by atoms with Crippen molar-refractivity contribution in [2.45, 2.75) is 6.92 Å². The Kier molecular flexibility index (Phi) is 4.42. The van der Waals surface area contributed by atoms with Crippen molar-refractivity contribution in [1.82, 2.24) is 0 Å². The number of nitrogen functional groups attached to an aromatic ring is 1. The van der Waals surface area contributed by atoms with Crippen molar-refractivity contribution in [3.63, 3.8) is 0 Å². The summed E-state index contributed by atoms with van der Waals surface area (Å²) in [6.07, 6.45) is 0. The molecule has 1 amide bonds. The zero-order chi connectivity index (χ0) is 11.3. The van der Waals surface area contributed by atoms with E-state index in [4.69, 9.17) is 5.73 Å². The topological polar surface area (TPSA) is 55.1 Å². The summed E-state index contributed by atoms with van der Waals surface area (Å²) in [6, 6.07) is 3.90. The number of hydrogen-bond acceptors (Lipinski definition) is 3. The van der Waals surface area contributed by atoms with Crippen LogP contribution in [0.15, 0.2) is 18.2 Å². The normalized spacial score (nSPS) is 10.0. The number of carbonyl (C=O) groups is 1. The fraction of sp³-hybridized carbons (Fsp3) is 0.300. The molecule has 3 N–H and O–H groups in total. The standard InChI is InChI=1S/C10H13FN2OS/c1-2-15-6-10(14)13-9-4-3-7(11)5-8(9)12/h3-5H,2,6,12H2,1H3,(H,13,14). The summed E-state index contributed by atoms with van der Waals surface area (Å²) in [6.45, 7) is 1.98. The highest BCUT2D eigenvalue weighted by Crippen LogP contribution is 2.19. The monoisotopic (exact) mass is 228 g/mol. The predicted octanol–water partition coefficient (Wildman–Crippen LogP) is 2.10. The first kappa shape index (κ1) is 11.8. The SMILES string of the molecule is CCSCC(=O)Nc1ccc(F)cc1N. The molecule has 1 aromatic carbocycles. The molecule has 0 unspecified atom stereocenters. The summed E-state index contributed by atoms with van der Waals surface area (Å²) in [4.78, 5) is 11.3. The Morgan fingerprint density at radius 2 is 2.33 bits per heavy atom. The summed E-state index contributed by atoms with van der Waals surface area (Å²) < 4.78 is 12.7. The van der Waals surface area contributed by atoms with Crippen LogP contribution in [0.4, 0.5) is 15.8 Å². The second-order valence-electron chi connectivity index (χ2n) is 2.92. The molecule has 3 nitrogen and oxygen atoms in total. The molecule has 0 aliphatic carbocycles. The predicted molar refractivity (Wildman–Crippen MR) is 62.4 cm³/mol. The van der Waals surface area contributed by atoms with Crippen molar-refractivity contribution in [2.75, 3.05) is 22.6 Å². The Balaban J connectivity index is 2.60. The lowest BCUT2D eigenvalue weighted by atomic mass is 10.2. The molecule has 0 saturated carbocycles. The Labute approximate surface area is 92.2 Å². The second-order valence-corrected chi connectivity index (χ2v) is 4.19. The first-order valence-corrected chi connectivity index (χ1v) is 5.71. The summed E-state index contributed by atoms with van der Waals surface area (Å²) in [7, 11) is 0. The van der Waals surface area contributed by atoms with Crippen LogP contribution in [-0.4, -0.2) is 17.4 Å². The van der Waals surface area contributed by atoms with Gasteiger partial charge in [0.15, 0.2) is 0 Å². The molecule has 0 aliphatic rings. The van der Waals surface area contributed by atoms with E-state index >= 15 is 0 Å². The van der Waals surface area contributed by atoms with Gasteiger partial charge in [-0.1, -0.05) is 6.92 Å². The van der Waals surface area contributed by atoms with E-state index in [-0.39, 0.29) is 11.6 Å². The number of hydrogen-bond donors (Lipinski definition) is 2. The molecule has 0 bridgehead atoms. The van der Waals surface area contributed by atoms with Crippen LogP contribution < -0.4 is 11.1 Å². The number of rotatable bonds is 4. The molecule has 0 aliphatic heterocycles. The third kappa shape index (κ3) is 3.79. The maximum Gasteiger partial charge on any atom is 0.234 e. The first-order valence-electron chi connectivity index (χ1n) is 4.56. The average molecular weight is 228 g/mol. The van der Waals surface area contributed by atoms with Crippen molar-refractivity contribution in [1.29, 1.82) is 0 Å². The lowest BCUT2D eigenvalue weighted by Gasteiger charge is -2.07. The van der Waals surface area contributed by atoms with Crippen molar-refractivity contribution < 1.29 is 9.18 Å². The molecule has 5 heteroatoms. The summed E-state index contributed by atoms with van der Waals surface area (Å²) >= 11 is 1.52. The van der Waals surface area contributed by atoms with Gasteiger partial charge < -0.3 is 11.1 Å². The van der Waals surface area contributed by atoms with Gasteiger partial charge in [-0.15, -0.1) is 0 Å². The van der Waals surface area contributed by atoms with E-state index in [2.05, 4.69) is 5.32 Å². The van der Waals surface area contributed by atoms with Crippen LogP contribution in [0.1, 0.15) is 6.92 Å². The van der Waals surface area contributed by atoms with Gasteiger partial charge in [0.25, 0.3) is 0 Å². The van der Waals surface area contributed by atoms with Gasteiger partial charge in [-0.3, -0.25) is 4.79 Å². The van der Waals surface area contributed by atoms with Crippen molar-refractivity contribution >= 4 is 29.0 Å². The van der Waals surface area contributed by atoms with Crippen molar-refractivity contribution in [3.05, 3.63) is 24.0 Å². The van der Waals surface area contributed by atoms with E-state index in [9.17, 15) is 9.18 Å². The lowest BCUT2D eigenvalue weighted by molar-refractivity contribution is -0.113. The Morgan fingerprint density at radius 3 is 2.93 bits per heavy atom. The molecule has 1 rings (SSSR count). The van der Waals surface area contributed by atoms with Gasteiger partial charge >= 0.3 is 0 Å². The molecule has 0 fully saturated rings. The first-order chi connectivity index (χ1) is 7.13. The number of nitrogens with one attached hydrogen (secondary N) is 1. The van der Waals surface area contributed by atoms with E-state index in [0.29, 0.717) is 11.4 Å². The minimum Gasteiger partial charge on any atom is -0.397 e. The lowest BCUT2D eigenvalue weighted by Crippen LogP contribution is -2.15. The number of thioether (sulfide) groups is 1. The fourth-order valence-electron chi connectivity index (χ4n) is 1.03. The number of anilines is 2. The van der Waals surface area contributed by atoms with Crippen LogP contribution in [-0.2, 0) is 4.79 Å². The smallest absolute Gasteiger partial charge is 0.234 e. The Bertz CT molecular complexity index is 357. The highest BCUT2D eigenvalue weighted by atomic mass is 32.2. The second kappa shape index (κ2) is 5.60. The molecular formula is C10H13FN2OS. The minimum atomic E-state index is -0.409. The Hall–Kier alpha value is -1.23. The van der Waals surface area contributed by atoms with Crippen LogP contribution in [0.3, 0.4) is 0 Å². The largest absolute Gasteiger partial charge is 0.397 e. The van der Waals surface area contributed by atoms with Crippen molar-refractivity contribution in [2.24, 2.45) is 0 Å². The van der Waals surface area contributed by atoms with Crippen LogP contribution in [0.5, 0.6) is 0 Å². The van der Waals surface area contributed by atoms with Crippen LogP contribution in [0.25, 0.3) is 0 Å². The number of carbonyl (C=O) groups excluding carboxylic acids is 1. The summed E-state index contributed by atoms with van der Waals surface area (Å²) in [5.74, 6) is 0.730.